The summed E-state index contributed by atoms with van der Waals surface area (Å²) < 4.78 is 63.3. The van der Waals surface area contributed by atoms with Gasteiger partial charge < -0.3 is 9.84 Å². The fraction of sp³-hybridized carbons (Fsp3) is 0.625. The van der Waals surface area contributed by atoms with Gasteiger partial charge in [0.05, 0.1) is 5.75 Å². The Morgan fingerprint density at radius 2 is 2.07 bits per heavy atom. The number of carbonyl (C=O) groups is 1. The van der Waals surface area contributed by atoms with Gasteiger partial charge in [0.2, 0.25) is 15.9 Å². The summed E-state index contributed by atoms with van der Waals surface area (Å²) in [5.74, 6) is -0.956. The number of halogens is 3. The third-order valence-electron chi connectivity index (χ3n) is 4.13. The second kappa shape index (κ2) is 8.87. The van der Waals surface area contributed by atoms with Gasteiger partial charge in [-0.05, 0) is 12.5 Å². The van der Waals surface area contributed by atoms with Crippen LogP contribution in [0.5, 0.6) is 5.88 Å². The van der Waals surface area contributed by atoms with E-state index in [2.05, 4.69) is 4.98 Å². The molecule has 0 bridgehead atoms. The lowest BCUT2D eigenvalue weighted by molar-refractivity contribution is -0.192. The smallest absolute Gasteiger partial charge is 0.475 e. The number of nitrogens with zero attached hydrogens (tertiary/aromatic N) is 2. The summed E-state index contributed by atoms with van der Waals surface area (Å²) >= 11 is 1.84. The molecular weight excluding hydrogens is 421 g/mol. The number of carboxylic acids is 1. The minimum atomic E-state index is -5.08. The lowest BCUT2D eigenvalue weighted by Crippen LogP contribution is -2.61. The second-order valence-electron chi connectivity index (χ2n) is 6.49. The Morgan fingerprint density at radius 3 is 2.57 bits per heavy atom. The Morgan fingerprint density at radius 1 is 1.43 bits per heavy atom. The molecule has 0 aliphatic carbocycles. The largest absolute Gasteiger partial charge is 0.490 e. The van der Waals surface area contributed by atoms with Gasteiger partial charge in [0, 0.05) is 42.3 Å². The van der Waals surface area contributed by atoms with Gasteiger partial charge in [-0.25, -0.2) is 18.2 Å². The number of rotatable bonds is 5. The van der Waals surface area contributed by atoms with E-state index in [1.807, 2.05) is 36.9 Å². The zero-order valence-electron chi connectivity index (χ0n) is 15.1. The molecule has 2 aliphatic rings. The van der Waals surface area contributed by atoms with Gasteiger partial charge >= 0.3 is 12.1 Å². The molecule has 2 fully saturated rings. The van der Waals surface area contributed by atoms with E-state index in [1.165, 1.54) is 0 Å². The molecule has 1 N–H and O–H groups in total. The van der Waals surface area contributed by atoms with Gasteiger partial charge in [-0.2, -0.15) is 17.5 Å². The number of thioether (sulfide) groups is 1. The molecular formula is C16H21F3N2O5S2. The molecule has 0 saturated carbocycles. The molecule has 0 aromatic carbocycles. The van der Waals surface area contributed by atoms with Crippen LogP contribution < -0.4 is 4.74 Å². The molecule has 3 heterocycles. The highest BCUT2D eigenvalue weighted by Gasteiger charge is 2.53. The number of alkyl halides is 3. The molecule has 7 nitrogen and oxygen atoms in total. The third kappa shape index (κ3) is 5.98. The van der Waals surface area contributed by atoms with Gasteiger partial charge in [-0.15, -0.1) is 11.8 Å². The van der Waals surface area contributed by atoms with Crippen LogP contribution in [0.15, 0.2) is 24.4 Å². The maximum absolute atomic E-state index is 12.0. The topological polar surface area (TPSA) is 96.8 Å². The maximum Gasteiger partial charge on any atom is 0.490 e. The summed E-state index contributed by atoms with van der Waals surface area (Å²) in [4.78, 5) is 13.1. The van der Waals surface area contributed by atoms with Crippen molar-refractivity contribution in [2.24, 2.45) is 0 Å². The van der Waals surface area contributed by atoms with E-state index in [-0.39, 0.29) is 16.6 Å². The zero-order valence-corrected chi connectivity index (χ0v) is 16.7. The molecule has 1 aromatic heterocycles. The molecule has 1 spiro atoms. The summed E-state index contributed by atoms with van der Waals surface area (Å²) in [7, 11) is -3.05. The number of ether oxygens (including phenoxy) is 1. The highest BCUT2D eigenvalue weighted by atomic mass is 32.2. The number of aliphatic carboxylic acids is 1. The van der Waals surface area contributed by atoms with Crippen LogP contribution >= 0.6 is 11.8 Å². The highest BCUT2D eigenvalue weighted by Crippen LogP contribution is 2.46. The molecule has 1 atom stereocenters. The molecule has 28 heavy (non-hydrogen) atoms. The summed E-state index contributed by atoms with van der Waals surface area (Å²) in [6.07, 6.45) is -1.67. The van der Waals surface area contributed by atoms with Crippen LogP contribution in [0.25, 0.3) is 0 Å². The first-order chi connectivity index (χ1) is 13.0. The van der Waals surface area contributed by atoms with Crippen LogP contribution in [0.4, 0.5) is 13.2 Å². The van der Waals surface area contributed by atoms with E-state index >= 15 is 0 Å². The van der Waals surface area contributed by atoms with E-state index in [4.69, 9.17) is 14.6 Å². The predicted octanol–water partition coefficient (Wildman–Crippen LogP) is 2.39. The summed E-state index contributed by atoms with van der Waals surface area (Å²) in [6, 6.07) is 5.62. The first-order valence-electron chi connectivity index (χ1n) is 8.47. The zero-order chi connectivity index (χ0) is 21.0. The first-order valence-corrected chi connectivity index (χ1v) is 11.1. The van der Waals surface area contributed by atoms with Crippen LogP contribution in [0.2, 0.25) is 0 Å². The summed E-state index contributed by atoms with van der Waals surface area (Å²) in [6.45, 7) is 3.15. The molecule has 2 aliphatic heterocycles. The Balaban J connectivity index is 0.000000345. The van der Waals surface area contributed by atoms with E-state index in [0.717, 1.165) is 12.2 Å². The van der Waals surface area contributed by atoms with Gasteiger partial charge in [0.15, 0.2) is 0 Å². The van der Waals surface area contributed by atoms with Crippen LogP contribution in [-0.4, -0.2) is 70.4 Å². The first kappa shape index (κ1) is 22.8. The van der Waals surface area contributed by atoms with Gasteiger partial charge in [0.25, 0.3) is 0 Å². The third-order valence-corrected chi connectivity index (χ3v) is 7.67. The van der Waals surface area contributed by atoms with Gasteiger partial charge in [0.1, 0.15) is 6.10 Å². The lowest BCUT2D eigenvalue weighted by atomic mass is 9.95. The molecule has 0 amide bonds. The molecule has 2 saturated heterocycles. The SMILES string of the molecule is CCCS(=O)(=O)N1CC2(CC(Oc3ccccn3)CS2)C1.O=C(O)C(F)(F)F. The average molecular weight is 442 g/mol. The van der Waals surface area contributed by atoms with Crippen molar-refractivity contribution >= 4 is 27.8 Å². The minimum Gasteiger partial charge on any atom is -0.475 e. The highest BCUT2D eigenvalue weighted by molar-refractivity contribution is 8.01. The number of hydrogen-bond acceptors (Lipinski definition) is 6. The molecule has 1 unspecified atom stereocenters. The Labute approximate surface area is 165 Å². The van der Waals surface area contributed by atoms with Crippen molar-refractivity contribution < 1.29 is 36.2 Å². The van der Waals surface area contributed by atoms with E-state index in [1.54, 1.807) is 10.5 Å². The number of hydrogen-bond donors (Lipinski definition) is 1. The van der Waals surface area contributed by atoms with Crippen molar-refractivity contribution in [2.75, 3.05) is 24.6 Å². The van der Waals surface area contributed by atoms with Crippen molar-refractivity contribution in [3.63, 3.8) is 0 Å². The Bertz CT molecular complexity index is 768. The number of pyridine rings is 1. The molecule has 12 heteroatoms. The van der Waals surface area contributed by atoms with E-state index < -0.39 is 22.2 Å². The minimum absolute atomic E-state index is 0.0558. The van der Waals surface area contributed by atoms with Crippen molar-refractivity contribution in [3.05, 3.63) is 24.4 Å². The van der Waals surface area contributed by atoms with Crippen molar-refractivity contribution in [2.45, 2.75) is 36.8 Å². The quantitative estimate of drug-likeness (QED) is 0.748. The number of aromatic nitrogens is 1. The summed E-state index contributed by atoms with van der Waals surface area (Å²) in [5, 5.41) is 7.12. The van der Waals surface area contributed by atoms with E-state index in [9.17, 15) is 21.6 Å². The fourth-order valence-electron chi connectivity index (χ4n) is 2.87. The summed E-state index contributed by atoms with van der Waals surface area (Å²) in [5.41, 5.74) is 0. The van der Waals surface area contributed by atoms with E-state index in [0.29, 0.717) is 25.4 Å². The lowest BCUT2D eigenvalue weighted by Gasteiger charge is -2.46. The Hall–Kier alpha value is -1.53. The number of sulfonamides is 1. The van der Waals surface area contributed by atoms with Crippen molar-refractivity contribution in [3.8, 4) is 5.88 Å². The van der Waals surface area contributed by atoms with Crippen LogP contribution in [-0.2, 0) is 14.8 Å². The molecule has 158 valence electrons. The van der Waals surface area contributed by atoms with Gasteiger partial charge in [-0.3, -0.25) is 0 Å². The molecule has 0 radical (unpaired) electrons. The maximum atomic E-state index is 12.0. The second-order valence-corrected chi connectivity index (χ2v) is 10.1. The predicted molar refractivity (Wildman–Crippen MR) is 97.8 cm³/mol. The van der Waals surface area contributed by atoms with Crippen molar-refractivity contribution in [1.82, 2.24) is 9.29 Å². The van der Waals surface area contributed by atoms with Gasteiger partial charge in [-0.1, -0.05) is 13.0 Å². The standard InChI is InChI=1S/C14H20N2O3S2.C2HF3O2/c1-2-7-21(17,18)16-10-14(11-16)8-12(9-20-14)19-13-5-3-4-6-15-13;3-2(4,5)1(6)7/h3-6,12H,2,7-11H2,1H3;(H,6,7). The number of carboxylic acid groups (broad SMARTS) is 1. The molecule has 1 aromatic rings. The van der Waals surface area contributed by atoms with Crippen LogP contribution in [0, 0.1) is 0 Å². The monoisotopic (exact) mass is 442 g/mol. The average Bonchev–Trinajstić information content (AvgIpc) is 2.98. The van der Waals surface area contributed by atoms with Crippen LogP contribution in [0.1, 0.15) is 19.8 Å². The fourth-order valence-corrected chi connectivity index (χ4v) is 6.21. The van der Waals surface area contributed by atoms with Crippen molar-refractivity contribution in [1.29, 1.82) is 0 Å². The Kier molecular flexibility index (Phi) is 7.21. The normalized spacial score (nSPS) is 21.5. The van der Waals surface area contributed by atoms with Crippen LogP contribution in [0.3, 0.4) is 0 Å². The molecule has 3 rings (SSSR count).